The average molecular weight is 426 g/mol. The zero-order chi connectivity index (χ0) is 22.2. The Bertz CT molecular complexity index is 1070. The number of dihydropyridines is 1. The predicted octanol–water partition coefficient (Wildman–Crippen LogP) is 4.06. The number of aliphatic imine (C=N–C) groups is 1. The molecule has 0 unspecified atom stereocenters. The second kappa shape index (κ2) is 8.17. The Balaban J connectivity index is 1.61. The summed E-state index contributed by atoms with van der Waals surface area (Å²) in [6, 6.07) is 6.47. The van der Waals surface area contributed by atoms with E-state index in [9.17, 15) is 9.18 Å². The van der Waals surface area contributed by atoms with Crippen molar-refractivity contribution in [1.29, 1.82) is 0 Å². The number of hydrogen-bond acceptors (Lipinski definition) is 5. The Hall–Kier alpha value is -3.16. The first kappa shape index (κ1) is 21.1. The van der Waals surface area contributed by atoms with E-state index in [1.165, 1.54) is 19.2 Å². The highest BCUT2D eigenvalue weighted by molar-refractivity contribution is 6.32. The van der Waals surface area contributed by atoms with E-state index in [1.54, 1.807) is 11.0 Å². The number of allylic oxidation sites excluding steroid dienone is 1. The number of methoxy groups -OCH3 is 1. The van der Waals surface area contributed by atoms with Crippen LogP contribution in [-0.4, -0.2) is 52.3 Å². The molecule has 0 N–H and O–H groups in total. The summed E-state index contributed by atoms with van der Waals surface area (Å²) in [5.41, 5.74) is 3.53. The van der Waals surface area contributed by atoms with Crippen molar-refractivity contribution in [2.75, 3.05) is 20.2 Å². The molecule has 31 heavy (non-hydrogen) atoms. The normalized spacial score (nSPS) is 16.4. The number of halogens is 1. The Kier molecular flexibility index (Phi) is 5.56. The molecule has 3 heterocycles. The Morgan fingerprint density at radius 3 is 2.74 bits per heavy atom. The molecule has 0 saturated carbocycles. The molecule has 1 amide bonds. The van der Waals surface area contributed by atoms with Gasteiger partial charge in [0.1, 0.15) is 22.9 Å². The van der Waals surface area contributed by atoms with Crippen LogP contribution in [0, 0.1) is 5.82 Å². The fourth-order valence-electron chi connectivity index (χ4n) is 3.78. The van der Waals surface area contributed by atoms with Crippen molar-refractivity contribution in [3.05, 3.63) is 53.1 Å². The van der Waals surface area contributed by atoms with Crippen molar-refractivity contribution < 1.29 is 18.7 Å². The van der Waals surface area contributed by atoms with Crippen LogP contribution in [0.4, 0.5) is 9.18 Å². The Morgan fingerprint density at radius 1 is 1.19 bits per heavy atom. The number of ether oxygens (including phenoxy) is 2. The van der Waals surface area contributed by atoms with E-state index in [2.05, 4.69) is 6.08 Å². The van der Waals surface area contributed by atoms with Crippen LogP contribution in [0.2, 0.25) is 0 Å². The first-order valence-corrected chi connectivity index (χ1v) is 10.4. The second-order valence-corrected chi connectivity index (χ2v) is 8.63. The third-order valence-corrected chi connectivity index (χ3v) is 5.15. The third-order valence-electron chi connectivity index (χ3n) is 5.15. The lowest BCUT2D eigenvalue weighted by Gasteiger charge is -2.30. The molecule has 0 radical (unpaired) electrons. The van der Waals surface area contributed by atoms with E-state index in [0.717, 1.165) is 34.7 Å². The molecule has 0 atom stereocenters. The van der Waals surface area contributed by atoms with Crippen LogP contribution in [0.5, 0.6) is 5.75 Å². The minimum Gasteiger partial charge on any atom is -0.496 e. The maximum absolute atomic E-state index is 13.7. The summed E-state index contributed by atoms with van der Waals surface area (Å²) < 4.78 is 26.5. The SMILES string of the molecule is COc1cc(F)ccc1C1=CCCN=C1c1cc2n(n1)CCN(C(=O)OC(C)(C)C)C2. The topological polar surface area (TPSA) is 69.0 Å². The highest BCUT2D eigenvalue weighted by Crippen LogP contribution is 2.32. The average Bonchev–Trinajstić information content (AvgIpc) is 3.15. The van der Waals surface area contributed by atoms with Gasteiger partial charge in [0.15, 0.2) is 0 Å². The molecule has 0 bridgehead atoms. The fraction of sp³-hybridized carbons (Fsp3) is 0.435. The van der Waals surface area contributed by atoms with Crippen LogP contribution in [0.15, 0.2) is 35.3 Å². The molecule has 2 aliphatic rings. The zero-order valence-corrected chi connectivity index (χ0v) is 18.3. The maximum Gasteiger partial charge on any atom is 0.410 e. The highest BCUT2D eigenvalue weighted by atomic mass is 19.1. The molecular weight excluding hydrogens is 399 g/mol. The fourth-order valence-corrected chi connectivity index (χ4v) is 3.78. The van der Waals surface area contributed by atoms with Crippen LogP contribution in [0.3, 0.4) is 0 Å². The molecule has 1 aromatic carbocycles. The lowest BCUT2D eigenvalue weighted by molar-refractivity contribution is 0.0194. The number of nitrogens with zero attached hydrogens (tertiary/aromatic N) is 4. The van der Waals surface area contributed by atoms with Gasteiger partial charge >= 0.3 is 6.09 Å². The highest BCUT2D eigenvalue weighted by Gasteiger charge is 2.28. The summed E-state index contributed by atoms with van der Waals surface area (Å²) in [4.78, 5) is 18.9. The Morgan fingerprint density at radius 2 is 2.00 bits per heavy atom. The van der Waals surface area contributed by atoms with Gasteiger partial charge in [0.2, 0.25) is 0 Å². The molecule has 7 nitrogen and oxygen atoms in total. The molecule has 0 spiro atoms. The minimum absolute atomic E-state index is 0.326. The molecule has 0 saturated heterocycles. The molecule has 8 heteroatoms. The van der Waals surface area contributed by atoms with E-state index in [1.807, 2.05) is 31.5 Å². The molecule has 2 aromatic rings. The van der Waals surface area contributed by atoms with Gasteiger partial charge in [-0.05, 0) is 45.4 Å². The van der Waals surface area contributed by atoms with Crippen molar-refractivity contribution in [3.8, 4) is 5.75 Å². The number of amides is 1. The van der Waals surface area contributed by atoms with Crippen LogP contribution < -0.4 is 4.74 Å². The second-order valence-electron chi connectivity index (χ2n) is 8.63. The largest absolute Gasteiger partial charge is 0.496 e. The van der Waals surface area contributed by atoms with E-state index < -0.39 is 5.60 Å². The van der Waals surface area contributed by atoms with Gasteiger partial charge in [0.25, 0.3) is 0 Å². The van der Waals surface area contributed by atoms with Crippen molar-refractivity contribution in [2.24, 2.45) is 4.99 Å². The number of carbonyl (C=O) groups is 1. The minimum atomic E-state index is -0.537. The molecule has 0 aliphatic carbocycles. The number of rotatable bonds is 3. The van der Waals surface area contributed by atoms with Crippen LogP contribution >= 0.6 is 0 Å². The number of benzene rings is 1. The van der Waals surface area contributed by atoms with Gasteiger partial charge in [-0.25, -0.2) is 9.18 Å². The van der Waals surface area contributed by atoms with E-state index in [0.29, 0.717) is 31.9 Å². The third kappa shape index (κ3) is 4.47. The summed E-state index contributed by atoms with van der Waals surface area (Å²) in [6.07, 6.45) is 2.55. The van der Waals surface area contributed by atoms with Gasteiger partial charge in [-0.3, -0.25) is 9.67 Å². The lowest BCUT2D eigenvalue weighted by Crippen LogP contribution is -2.41. The molecule has 164 valence electrons. The summed E-state index contributed by atoms with van der Waals surface area (Å²) in [6.45, 7) is 7.77. The summed E-state index contributed by atoms with van der Waals surface area (Å²) in [5, 5.41) is 4.74. The molecular formula is C23H27FN4O3. The summed E-state index contributed by atoms with van der Waals surface area (Å²) >= 11 is 0. The van der Waals surface area contributed by atoms with Crippen molar-refractivity contribution in [3.63, 3.8) is 0 Å². The van der Waals surface area contributed by atoms with Gasteiger partial charge in [-0.15, -0.1) is 0 Å². The summed E-state index contributed by atoms with van der Waals surface area (Å²) in [7, 11) is 1.53. The smallest absolute Gasteiger partial charge is 0.410 e. The molecule has 4 rings (SSSR count). The van der Waals surface area contributed by atoms with Crippen LogP contribution in [-0.2, 0) is 17.8 Å². The number of carbonyl (C=O) groups excluding carboxylic acids is 1. The Labute approximate surface area is 181 Å². The van der Waals surface area contributed by atoms with Gasteiger partial charge in [-0.1, -0.05) is 6.08 Å². The molecule has 0 fully saturated rings. The van der Waals surface area contributed by atoms with E-state index in [-0.39, 0.29) is 11.9 Å². The van der Waals surface area contributed by atoms with E-state index >= 15 is 0 Å². The number of fused-ring (bicyclic) bond motifs is 1. The van der Waals surface area contributed by atoms with Crippen LogP contribution in [0.1, 0.15) is 44.1 Å². The van der Waals surface area contributed by atoms with Gasteiger partial charge in [0.05, 0.1) is 31.6 Å². The van der Waals surface area contributed by atoms with Crippen molar-refractivity contribution >= 4 is 17.4 Å². The number of aromatic nitrogens is 2. The van der Waals surface area contributed by atoms with Crippen molar-refractivity contribution in [2.45, 2.75) is 45.9 Å². The van der Waals surface area contributed by atoms with Gasteiger partial charge in [-0.2, -0.15) is 5.10 Å². The number of hydrogen-bond donors (Lipinski definition) is 0. The maximum atomic E-state index is 13.7. The van der Waals surface area contributed by atoms with Crippen molar-refractivity contribution in [1.82, 2.24) is 14.7 Å². The quantitative estimate of drug-likeness (QED) is 0.742. The first-order chi connectivity index (χ1) is 14.7. The standard InChI is InChI=1S/C23H27FN4O3/c1-23(2,3)31-22(29)27-10-11-28-16(14-27)13-19(26-28)21-18(6-5-9-25-21)17-8-7-15(24)12-20(17)30-4/h6-8,12-13H,5,9-11,14H2,1-4H3. The van der Waals surface area contributed by atoms with Gasteiger partial charge in [0, 0.05) is 30.3 Å². The van der Waals surface area contributed by atoms with Crippen LogP contribution in [0.25, 0.3) is 5.57 Å². The zero-order valence-electron chi connectivity index (χ0n) is 18.3. The van der Waals surface area contributed by atoms with E-state index in [4.69, 9.17) is 19.6 Å². The summed E-state index contributed by atoms with van der Waals surface area (Å²) in [5.74, 6) is 0.108. The monoisotopic (exact) mass is 426 g/mol. The van der Waals surface area contributed by atoms with Gasteiger partial charge < -0.3 is 14.4 Å². The molecule has 2 aliphatic heterocycles. The lowest BCUT2D eigenvalue weighted by atomic mass is 9.95. The predicted molar refractivity (Wildman–Crippen MR) is 116 cm³/mol. The first-order valence-electron chi connectivity index (χ1n) is 10.4. The molecule has 1 aromatic heterocycles.